The van der Waals surface area contributed by atoms with E-state index in [1.807, 2.05) is 0 Å². The molecule has 1 N–H and O–H groups in total. The minimum absolute atomic E-state index is 0.0776. The molecule has 0 unspecified atom stereocenters. The zero-order valence-electron chi connectivity index (χ0n) is 21.7. The molecule has 182 valence electrons. The van der Waals surface area contributed by atoms with E-state index < -0.39 is 0 Å². The van der Waals surface area contributed by atoms with Gasteiger partial charge in [0, 0.05) is 16.8 Å². The van der Waals surface area contributed by atoms with Gasteiger partial charge in [-0.25, -0.2) is 0 Å². The molecule has 0 bridgehead atoms. The summed E-state index contributed by atoms with van der Waals surface area (Å²) in [5.74, 6) is 0. The van der Waals surface area contributed by atoms with Gasteiger partial charge in [-0.15, -0.1) is 0 Å². The molecule has 0 amide bonds. The number of fused-ring (bicyclic) bond motifs is 4. The van der Waals surface area contributed by atoms with Crippen molar-refractivity contribution >= 4 is 22.1 Å². The predicted molar refractivity (Wildman–Crippen MR) is 162 cm³/mol. The fourth-order valence-corrected chi connectivity index (χ4v) is 5.91. The van der Waals surface area contributed by atoms with Crippen molar-refractivity contribution in [3.63, 3.8) is 0 Å². The van der Waals surface area contributed by atoms with Crippen LogP contribution in [0.1, 0.15) is 25.0 Å². The molecule has 1 nitrogen and oxygen atoms in total. The van der Waals surface area contributed by atoms with E-state index in [0.717, 1.165) is 11.4 Å². The van der Waals surface area contributed by atoms with Crippen LogP contribution in [0.2, 0.25) is 0 Å². The van der Waals surface area contributed by atoms with Gasteiger partial charge in [0.05, 0.1) is 0 Å². The molecule has 0 saturated heterocycles. The maximum absolute atomic E-state index is 3.65. The molecule has 0 spiro atoms. The van der Waals surface area contributed by atoms with Gasteiger partial charge in [0.1, 0.15) is 0 Å². The maximum Gasteiger partial charge on any atom is 0.0390 e. The number of nitrogens with one attached hydrogen (secondary N) is 1. The van der Waals surface area contributed by atoms with Crippen molar-refractivity contribution in [2.45, 2.75) is 19.3 Å². The molecular formula is C37H29N. The lowest BCUT2D eigenvalue weighted by atomic mass is 9.81. The van der Waals surface area contributed by atoms with Crippen LogP contribution in [-0.4, -0.2) is 0 Å². The zero-order valence-corrected chi connectivity index (χ0v) is 21.7. The summed E-state index contributed by atoms with van der Waals surface area (Å²) in [6.07, 6.45) is 0. The van der Waals surface area contributed by atoms with Crippen LogP contribution in [-0.2, 0) is 5.41 Å². The van der Waals surface area contributed by atoms with Crippen molar-refractivity contribution in [3.8, 4) is 33.4 Å². The average molecular weight is 488 g/mol. The summed E-state index contributed by atoms with van der Waals surface area (Å²) in [5.41, 5.74) is 12.6. The number of rotatable bonds is 4. The predicted octanol–water partition coefficient (Wildman–Crippen LogP) is 10.2. The van der Waals surface area contributed by atoms with E-state index in [9.17, 15) is 0 Å². The van der Waals surface area contributed by atoms with Gasteiger partial charge in [0.15, 0.2) is 0 Å². The summed E-state index contributed by atoms with van der Waals surface area (Å²) in [5, 5.41) is 6.15. The molecule has 0 atom stereocenters. The van der Waals surface area contributed by atoms with Gasteiger partial charge in [0.2, 0.25) is 0 Å². The summed E-state index contributed by atoms with van der Waals surface area (Å²) >= 11 is 0. The standard InChI is InChI=1S/C37H29N/c1-37(2)35-23-30(28-14-12-27(13-15-28)25-8-4-3-5-9-25)17-20-33(35)34-21-19-32(24-36(34)37)38-31-18-16-26-10-6-7-11-29(26)22-31/h3-24,38H,1-2H3. The van der Waals surface area contributed by atoms with Gasteiger partial charge in [-0.2, -0.15) is 0 Å². The lowest BCUT2D eigenvalue weighted by Gasteiger charge is -2.23. The maximum atomic E-state index is 3.65. The third-order valence-electron chi connectivity index (χ3n) is 8.04. The van der Waals surface area contributed by atoms with Crippen molar-refractivity contribution < 1.29 is 0 Å². The molecule has 1 aliphatic carbocycles. The van der Waals surface area contributed by atoms with Crippen LogP contribution in [0.15, 0.2) is 133 Å². The van der Waals surface area contributed by atoms with Gasteiger partial charge in [0.25, 0.3) is 0 Å². The third kappa shape index (κ3) is 3.79. The van der Waals surface area contributed by atoms with Gasteiger partial charge in [-0.05, 0) is 85.6 Å². The summed E-state index contributed by atoms with van der Waals surface area (Å²) in [6.45, 7) is 4.69. The van der Waals surface area contributed by atoms with Crippen LogP contribution >= 0.6 is 0 Å². The van der Waals surface area contributed by atoms with Crippen molar-refractivity contribution in [1.82, 2.24) is 0 Å². The third-order valence-corrected chi connectivity index (χ3v) is 8.04. The highest BCUT2D eigenvalue weighted by Crippen LogP contribution is 2.50. The molecule has 0 heterocycles. The van der Waals surface area contributed by atoms with Crippen LogP contribution in [0.5, 0.6) is 0 Å². The topological polar surface area (TPSA) is 12.0 Å². The smallest absolute Gasteiger partial charge is 0.0390 e. The van der Waals surface area contributed by atoms with Gasteiger partial charge < -0.3 is 5.32 Å². The second-order valence-electron chi connectivity index (χ2n) is 10.8. The fraction of sp³-hybridized carbons (Fsp3) is 0.0811. The van der Waals surface area contributed by atoms with Crippen LogP contribution in [0.25, 0.3) is 44.2 Å². The number of anilines is 2. The minimum atomic E-state index is -0.0776. The molecule has 1 aliphatic rings. The van der Waals surface area contributed by atoms with Crippen molar-refractivity contribution in [3.05, 3.63) is 145 Å². The van der Waals surface area contributed by atoms with E-state index >= 15 is 0 Å². The lowest BCUT2D eigenvalue weighted by molar-refractivity contribution is 0.661. The molecule has 7 rings (SSSR count). The van der Waals surface area contributed by atoms with Gasteiger partial charge >= 0.3 is 0 Å². The van der Waals surface area contributed by atoms with Crippen LogP contribution in [0.4, 0.5) is 11.4 Å². The van der Waals surface area contributed by atoms with E-state index in [-0.39, 0.29) is 5.41 Å². The Morgan fingerprint density at radius 3 is 1.71 bits per heavy atom. The highest BCUT2D eigenvalue weighted by atomic mass is 14.9. The molecule has 0 fully saturated rings. The first kappa shape index (κ1) is 22.6. The quantitative estimate of drug-likeness (QED) is 0.261. The first-order chi connectivity index (χ1) is 18.6. The van der Waals surface area contributed by atoms with Crippen molar-refractivity contribution in [2.75, 3.05) is 5.32 Å². The van der Waals surface area contributed by atoms with E-state index in [1.165, 1.54) is 55.3 Å². The Balaban J connectivity index is 1.20. The fourth-order valence-electron chi connectivity index (χ4n) is 5.91. The summed E-state index contributed by atoms with van der Waals surface area (Å²) in [7, 11) is 0. The molecule has 0 saturated carbocycles. The highest BCUT2D eigenvalue weighted by Gasteiger charge is 2.35. The average Bonchev–Trinajstić information content (AvgIpc) is 3.19. The van der Waals surface area contributed by atoms with Crippen molar-refractivity contribution in [2.24, 2.45) is 0 Å². The Morgan fingerprint density at radius 1 is 0.421 bits per heavy atom. The molecule has 6 aromatic carbocycles. The summed E-state index contributed by atoms with van der Waals surface area (Å²) in [6, 6.07) is 48.3. The molecule has 0 aromatic heterocycles. The van der Waals surface area contributed by atoms with E-state index in [4.69, 9.17) is 0 Å². The molecule has 0 aliphatic heterocycles. The van der Waals surface area contributed by atoms with E-state index in [0.29, 0.717) is 0 Å². The van der Waals surface area contributed by atoms with Gasteiger partial charge in [-0.3, -0.25) is 0 Å². The summed E-state index contributed by atoms with van der Waals surface area (Å²) < 4.78 is 0. The highest BCUT2D eigenvalue weighted by molar-refractivity contribution is 5.88. The Kier molecular flexibility index (Phi) is 5.19. The Labute approximate surface area is 224 Å². The minimum Gasteiger partial charge on any atom is -0.355 e. The van der Waals surface area contributed by atoms with E-state index in [2.05, 4.69) is 153 Å². The Morgan fingerprint density at radius 2 is 0.947 bits per heavy atom. The lowest BCUT2D eigenvalue weighted by Crippen LogP contribution is -2.15. The molecule has 6 aromatic rings. The SMILES string of the molecule is CC1(C)c2cc(Nc3ccc4ccccc4c3)ccc2-c2ccc(-c3ccc(-c4ccccc4)cc3)cc21. The first-order valence-electron chi connectivity index (χ1n) is 13.3. The summed E-state index contributed by atoms with van der Waals surface area (Å²) in [4.78, 5) is 0. The van der Waals surface area contributed by atoms with Crippen LogP contribution in [0, 0.1) is 0 Å². The molecule has 38 heavy (non-hydrogen) atoms. The second kappa shape index (κ2) is 8.75. The van der Waals surface area contributed by atoms with Crippen LogP contribution in [0.3, 0.4) is 0 Å². The van der Waals surface area contributed by atoms with Crippen LogP contribution < -0.4 is 5.32 Å². The van der Waals surface area contributed by atoms with E-state index in [1.54, 1.807) is 0 Å². The first-order valence-corrected chi connectivity index (χ1v) is 13.3. The molecular weight excluding hydrogens is 458 g/mol. The normalized spacial score (nSPS) is 13.2. The monoisotopic (exact) mass is 487 g/mol. The van der Waals surface area contributed by atoms with Gasteiger partial charge in [-0.1, -0.05) is 117 Å². The zero-order chi connectivity index (χ0) is 25.7. The Bertz CT molecular complexity index is 1790. The second-order valence-corrected chi connectivity index (χ2v) is 10.8. The molecule has 1 heteroatoms. The number of benzene rings is 6. The largest absolute Gasteiger partial charge is 0.355 e. The van der Waals surface area contributed by atoms with Crippen molar-refractivity contribution in [1.29, 1.82) is 0 Å². The molecule has 0 radical (unpaired) electrons. The Hall–Kier alpha value is -4.62. The number of hydrogen-bond donors (Lipinski definition) is 1. The number of hydrogen-bond acceptors (Lipinski definition) is 1.